The summed E-state index contributed by atoms with van der Waals surface area (Å²) in [5.74, 6) is 0. The van der Waals surface area contributed by atoms with Crippen molar-refractivity contribution in [2.75, 3.05) is 0 Å². The fraction of sp³-hybridized carbons (Fsp3) is 0. The molecule has 0 atom stereocenters. The average molecular weight is 700 g/mol. The van der Waals surface area contributed by atoms with Crippen LogP contribution in [0.15, 0.2) is 176 Å². The van der Waals surface area contributed by atoms with Gasteiger partial charge in [-0.1, -0.05) is 121 Å². The monoisotopic (exact) mass is 699 g/mol. The molecule has 0 radical (unpaired) electrons. The minimum Gasteiger partial charge on any atom is -0.318 e. The Morgan fingerprint density at radius 3 is 1.64 bits per heavy atom. The molecular weight excluding hydrogens is 671 g/mol. The molecule has 0 aliphatic carbocycles. The molecule has 0 bridgehead atoms. The standard InChI is InChI=1S/C50H29N5/c1-52-41-20-11-18-35(49(41)55-45-24-9-5-17-40(45)48-33(31-51)13-10-25-46(48)55)32-27-29-34(30-28-32)53-42-21-6-4-16-38(42)39-19-12-26-47(50(39)53)54-43-22-7-2-14-36(43)37-15-3-8-23-44(37)54/h2-30H. The first-order valence-electron chi connectivity index (χ1n) is 18.3. The molecule has 5 nitrogen and oxygen atoms in total. The molecule has 0 N–H and O–H groups in total. The highest BCUT2D eigenvalue weighted by atomic mass is 15.1. The number of rotatable bonds is 4. The highest BCUT2D eigenvalue weighted by molar-refractivity contribution is 6.15. The molecule has 3 heterocycles. The van der Waals surface area contributed by atoms with Crippen molar-refractivity contribution in [3.63, 3.8) is 0 Å². The number of fused-ring (bicyclic) bond motifs is 9. The largest absolute Gasteiger partial charge is 0.318 e. The van der Waals surface area contributed by atoms with Crippen LogP contribution in [0.2, 0.25) is 0 Å². The summed E-state index contributed by atoms with van der Waals surface area (Å²) in [6, 6.07) is 63.6. The van der Waals surface area contributed by atoms with Gasteiger partial charge in [0.05, 0.1) is 62.7 Å². The summed E-state index contributed by atoms with van der Waals surface area (Å²) in [4.78, 5) is 4.03. The lowest BCUT2D eigenvalue weighted by Gasteiger charge is -2.17. The summed E-state index contributed by atoms with van der Waals surface area (Å²) in [5.41, 5.74) is 12.5. The van der Waals surface area contributed by atoms with Gasteiger partial charge in [-0.05, 0) is 65.7 Å². The zero-order chi connectivity index (χ0) is 36.6. The van der Waals surface area contributed by atoms with Crippen LogP contribution in [0.25, 0.3) is 98.5 Å². The number of para-hydroxylation sites is 6. The predicted octanol–water partition coefficient (Wildman–Crippen LogP) is 13.1. The highest BCUT2D eigenvalue weighted by Crippen LogP contribution is 2.43. The van der Waals surface area contributed by atoms with Gasteiger partial charge in [0.25, 0.3) is 0 Å². The molecule has 0 fully saturated rings. The van der Waals surface area contributed by atoms with Gasteiger partial charge in [0.1, 0.15) is 0 Å². The Morgan fingerprint density at radius 1 is 0.455 bits per heavy atom. The van der Waals surface area contributed by atoms with E-state index in [1.54, 1.807) is 0 Å². The maximum absolute atomic E-state index is 10.1. The van der Waals surface area contributed by atoms with Crippen LogP contribution in [0.5, 0.6) is 0 Å². The Morgan fingerprint density at radius 2 is 0.982 bits per heavy atom. The predicted molar refractivity (Wildman–Crippen MR) is 226 cm³/mol. The molecule has 0 aliphatic rings. The number of nitriles is 1. The number of hydrogen-bond acceptors (Lipinski definition) is 1. The van der Waals surface area contributed by atoms with Crippen LogP contribution < -0.4 is 0 Å². The maximum atomic E-state index is 10.1. The molecule has 0 amide bonds. The molecular formula is C50H29N5. The molecule has 11 aromatic rings. The molecule has 55 heavy (non-hydrogen) atoms. The average Bonchev–Trinajstić information content (AvgIpc) is 3.89. The van der Waals surface area contributed by atoms with Crippen molar-refractivity contribution in [1.29, 1.82) is 5.26 Å². The van der Waals surface area contributed by atoms with Gasteiger partial charge >= 0.3 is 0 Å². The Balaban J connectivity index is 1.15. The zero-order valence-corrected chi connectivity index (χ0v) is 29.5. The number of nitrogens with zero attached hydrogens (tertiary/aromatic N) is 5. The second kappa shape index (κ2) is 11.8. The number of aromatic nitrogens is 3. The fourth-order valence-electron chi connectivity index (χ4n) is 8.86. The third-order valence-electron chi connectivity index (χ3n) is 11.1. The van der Waals surface area contributed by atoms with Gasteiger partial charge in [-0.3, -0.25) is 0 Å². The van der Waals surface area contributed by atoms with E-state index in [0.717, 1.165) is 61.0 Å². The molecule has 11 rings (SSSR count). The molecule has 0 spiro atoms. The molecule has 8 aromatic carbocycles. The van der Waals surface area contributed by atoms with Crippen LogP contribution in [-0.4, -0.2) is 13.7 Å². The summed E-state index contributed by atoms with van der Waals surface area (Å²) in [6.45, 7) is 8.26. The number of benzene rings is 8. The SMILES string of the molecule is [C-]#[N+]c1cccc(-c2ccc(-n3c4ccccc4c4cccc(-n5c6ccccc6c6ccccc65)c43)cc2)c1-n1c2ccccc2c2c(C#N)cccc21. The van der Waals surface area contributed by atoms with E-state index >= 15 is 0 Å². The van der Waals surface area contributed by atoms with Gasteiger partial charge < -0.3 is 13.7 Å². The van der Waals surface area contributed by atoms with Crippen LogP contribution >= 0.6 is 0 Å². The van der Waals surface area contributed by atoms with Gasteiger partial charge in [0, 0.05) is 38.0 Å². The van der Waals surface area contributed by atoms with E-state index in [2.05, 4.69) is 158 Å². The van der Waals surface area contributed by atoms with E-state index in [4.69, 9.17) is 6.57 Å². The molecule has 0 saturated carbocycles. The fourth-order valence-corrected chi connectivity index (χ4v) is 8.86. The van der Waals surface area contributed by atoms with Crippen LogP contribution in [0, 0.1) is 17.9 Å². The van der Waals surface area contributed by atoms with E-state index < -0.39 is 0 Å². The van der Waals surface area contributed by atoms with Crippen molar-refractivity contribution >= 4 is 71.1 Å². The normalized spacial score (nSPS) is 11.6. The van der Waals surface area contributed by atoms with Gasteiger partial charge in [-0.25, -0.2) is 4.85 Å². The van der Waals surface area contributed by atoms with E-state index in [1.807, 2.05) is 42.5 Å². The lowest BCUT2D eigenvalue weighted by atomic mass is 10.0. The third-order valence-corrected chi connectivity index (χ3v) is 11.1. The summed E-state index contributed by atoms with van der Waals surface area (Å²) < 4.78 is 6.95. The van der Waals surface area contributed by atoms with Crippen molar-refractivity contribution in [1.82, 2.24) is 13.7 Å². The molecule has 5 heteroatoms. The first kappa shape index (κ1) is 30.7. The van der Waals surface area contributed by atoms with Gasteiger partial charge in [-0.2, -0.15) is 5.26 Å². The van der Waals surface area contributed by atoms with E-state index in [-0.39, 0.29) is 0 Å². The van der Waals surface area contributed by atoms with Crippen molar-refractivity contribution in [2.45, 2.75) is 0 Å². The third kappa shape index (κ3) is 4.33. The topological polar surface area (TPSA) is 42.9 Å². The van der Waals surface area contributed by atoms with Crippen molar-refractivity contribution in [3.8, 4) is 34.3 Å². The second-order valence-electron chi connectivity index (χ2n) is 13.9. The highest BCUT2D eigenvalue weighted by Gasteiger charge is 2.22. The second-order valence-corrected chi connectivity index (χ2v) is 13.9. The summed E-state index contributed by atoms with van der Waals surface area (Å²) >= 11 is 0. The summed E-state index contributed by atoms with van der Waals surface area (Å²) in [6.07, 6.45) is 0. The van der Waals surface area contributed by atoms with Crippen molar-refractivity contribution < 1.29 is 0 Å². The molecule has 0 unspecified atom stereocenters. The van der Waals surface area contributed by atoms with Crippen LogP contribution in [0.1, 0.15) is 5.56 Å². The van der Waals surface area contributed by atoms with Crippen LogP contribution in [-0.2, 0) is 0 Å². The lowest BCUT2D eigenvalue weighted by molar-refractivity contribution is 1.13. The first-order chi connectivity index (χ1) is 27.2. The summed E-state index contributed by atoms with van der Waals surface area (Å²) in [7, 11) is 0. The Hall–Kier alpha value is -7.86. The van der Waals surface area contributed by atoms with Gasteiger partial charge in [0.2, 0.25) is 5.69 Å². The van der Waals surface area contributed by atoms with Crippen molar-refractivity contribution in [3.05, 3.63) is 193 Å². The lowest BCUT2D eigenvalue weighted by Crippen LogP contribution is -2.01. The molecule has 0 aliphatic heterocycles. The quantitative estimate of drug-likeness (QED) is 0.169. The molecule has 3 aromatic heterocycles. The van der Waals surface area contributed by atoms with E-state index in [9.17, 15) is 5.26 Å². The molecule has 0 saturated heterocycles. The molecule has 254 valence electrons. The van der Waals surface area contributed by atoms with E-state index in [0.29, 0.717) is 11.3 Å². The zero-order valence-electron chi connectivity index (χ0n) is 29.5. The minimum absolute atomic E-state index is 0.546. The maximum Gasteiger partial charge on any atom is 0.211 e. The number of hydrogen-bond donors (Lipinski definition) is 0. The van der Waals surface area contributed by atoms with Crippen LogP contribution in [0.3, 0.4) is 0 Å². The Labute approximate surface area is 316 Å². The van der Waals surface area contributed by atoms with Gasteiger partial charge in [-0.15, -0.1) is 0 Å². The van der Waals surface area contributed by atoms with Crippen molar-refractivity contribution in [2.24, 2.45) is 0 Å². The Kier molecular flexibility index (Phi) is 6.61. The van der Waals surface area contributed by atoms with Gasteiger partial charge in [0.15, 0.2) is 0 Å². The Bertz CT molecular complexity index is 3400. The first-order valence-corrected chi connectivity index (χ1v) is 18.3. The summed E-state index contributed by atoms with van der Waals surface area (Å²) in [5, 5.41) is 16.8. The minimum atomic E-state index is 0.546. The van der Waals surface area contributed by atoms with E-state index in [1.165, 1.54) is 32.6 Å². The smallest absolute Gasteiger partial charge is 0.211 e. The van der Waals surface area contributed by atoms with Crippen LogP contribution in [0.4, 0.5) is 5.69 Å².